The Hall–Kier alpha value is -2.36. The monoisotopic (exact) mass is 564 g/mol. The van der Waals surface area contributed by atoms with Crippen LogP contribution in [0.5, 0.6) is 0 Å². The van der Waals surface area contributed by atoms with Gasteiger partial charge >= 0.3 is 6.09 Å². The SMILES string of the molecule is CC(C)[C@@H](NC(=O)CN1CCN(C(=O)OC(C)(C)C)CC1)C(=O)N1CC[C@](O)(c2ccc(Cl)cc2)C(C)(C)C1. The highest BCUT2D eigenvalue weighted by Crippen LogP contribution is 2.46. The quantitative estimate of drug-likeness (QED) is 0.548. The minimum atomic E-state index is -1.10. The normalized spacial score (nSPS) is 22.9. The molecule has 218 valence electrons. The maximum atomic E-state index is 13.6. The lowest BCUT2D eigenvalue weighted by Gasteiger charge is -2.51. The van der Waals surface area contributed by atoms with Crippen molar-refractivity contribution in [2.75, 3.05) is 45.8 Å². The fourth-order valence-corrected chi connectivity index (χ4v) is 5.44. The first kappa shape index (κ1) is 31.2. The Labute approximate surface area is 237 Å². The van der Waals surface area contributed by atoms with Crippen LogP contribution in [-0.4, -0.2) is 95.2 Å². The van der Waals surface area contributed by atoms with E-state index in [9.17, 15) is 19.5 Å². The highest BCUT2D eigenvalue weighted by molar-refractivity contribution is 6.30. The zero-order chi connectivity index (χ0) is 29.2. The Morgan fingerprint density at radius 1 is 1.03 bits per heavy atom. The number of ether oxygens (including phenoxy) is 1. The second-order valence-electron chi connectivity index (χ2n) is 12.8. The van der Waals surface area contributed by atoms with Crippen molar-refractivity contribution in [3.63, 3.8) is 0 Å². The molecule has 2 N–H and O–H groups in total. The van der Waals surface area contributed by atoms with Gasteiger partial charge in [-0.05, 0) is 50.8 Å². The van der Waals surface area contributed by atoms with Gasteiger partial charge in [-0.25, -0.2) is 4.79 Å². The van der Waals surface area contributed by atoms with Crippen molar-refractivity contribution in [2.24, 2.45) is 11.3 Å². The van der Waals surface area contributed by atoms with Crippen LogP contribution in [0.15, 0.2) is 24.3 Å². The van der Waals surface area contributed by atoms with E-state index in [4.69, 9.17) is 16.3 Å². The number of hydrogen-bond acceptors (Lipinski definition) is 6. The van der Waals surface area contributed by atoms with E-state index in [0.29, 0.717) is 50.7 Å². The third kappa shape index (κ3) is 7.64. The number of hydrogen-bond donors (Lipinski definition) is 2. The average Bonchev–Trinajstić information content (AvgIpc) is 2.83. The molecule has 0 spiro atoms. The van der Waals surface area contributed by atoms with Gasteiger partial charge in [0.2, 0.25) is 11.8 Å². The highest BCUT2D eigenvalue weighted by Gasteiger charge is 2.50. The maximum absolute atomic E-state index is 13.6. The molecule has 0 aliphatic carbocycles. The van der Waals surface area contributed by atoms with Crippen molar-refractivity contribution < 1.29 is 24.2 Å². The van der Waals surface area contributed by atoms with Crippen LogP contribution < -0.4 is 5.32 Å². The number of amides is 3. The summed E-state index contributed by atoms with van der Waals surface area (Å²) >= 11 is 6.05. The smallest absolute Gasteiger partial charge is 0.410 e. The molecule has 2 aliphatic heterocycles. The summed E-state index contributed by atoms with van der Waals surface area (Å²) in [6.45, 7) is 16.2. The molecule has 9 nitrogen and oxygen atoms in total. The predicted octanol–water partition coefficient (Wildman–Crippen LogP) is 3.48. The van der Waals surface area contributed by atoms with Gasteiger partial charge in [-0.1, -0.05) is 51.4 Å². The standard InChI is InChI=1S/C29H45ClN4O5/c1-20(2)24(31-23(35)18-32-14-16-33(17-15-32)26(37)39-27(3,4)5)25(36)34-13-12-29(38,28(6,7)19-34)21-8-10-22(30)11-9-21/h8-11,20,24,38H,12-19H2,1-7H3,(H,31,35)/t24-,29+/m1/s1. The van der Waals surface area contributed by atoms with Gasteiger partial charge < -0.3 is 25.0 Å². The summed E-state index contributed by atoms with van der Waals surface area (Å²) in [6.07, 6.45) is 0.0399. The largest absolute Gasteiger partial charge is 0.444 e. The van der Waals surface area contributed by atoms with Crippen LogP contribution in [0.4, 0.5) is 4.79 Å². The number of carbonyl (C=O) groups excluding carboxylic acids is 3. The van der Waals surface area contributed by atoms with Gasteiger partial charge in [-0.15, -0.1) is 0 Å². The first-order valence-corrected chi connectivity index (χ1v) is 14.2. The summed E-state index contributed by atoms with van der Waals surface area (Å²) in [4.78, 5) is 44.3. The third-order valence-corrected chi connectivity index (χ3v) is 7.98. The molecule has 2 saturated heterocycles. The zero-order valence-electron chi connectivity index (χ0n) is 24.4. The number of piperazine rings is 1. The maximum Gasteiger partial charge on any atom is 0.410 e. The molecule has 39 heavy (non-hydrogen) atoms. The van der Waals surface area contributed by atoms with Gasteiger partial charge in [0.1, 0.15) is 11.6 Å². The Kier molecular flexibility index (Phi) is 9.61. The first-order chi connectivity index (χ1) is 18.0. The van der Waals surface area contributed by atoms with E-state index in [1.54, 1.807) is 21.9 Å². The molecule has 0 radical (unpaired) electrons. The molecule has 2 atom stereocenters. The topological polar surface area (TPSA) is 102 Å². The van der Waals surface area contributed by atoms with Crippen LogP contribution in [0, 0.1) is 11.3 Å². The number of halogens is 1. The van der Waals surface area contributed by atoms with Crippen LogP contribution in [0.1, 0.15) is 60.5 Å². The summed E-state index contributed by atoms with van der Waals surface area (Å²) < 4.78 is 5.44. The number of carbonyl (C=O) groups is 3. The molecule has 10 heteroatoms. The van der Waals surface area contributed by atoms with Crippen molar-refractivity contribution >= 4 is 29.5 Å². The van der Waals surface area contributed by atoms with Gasteiger partial charge in [0.25, 0.3) is 0 Å². The van der Waals surface area contributed by atoms with E-state index >= 15 is 0 Å². The van der Waals surface area contributed by atoms with E-state index in [1.165, 1.54) is 0 Å². The number of likely N-dealkylation sites (tertiary alicyclic amines) is 1. The van der Waals surface area contributed by atoms with Crippen molar-refractivity contribution in [1.29, 1.82) is 0 Å². The Bertz CT molecular complexity index is 1030. The summed E-state index contributed by atoms with van der Waals surface area (Å²) in [5.41, 5.74) is -1.49. The molecule has 3 amide bonds. The average molecular weight is 565 g/mol. The molecule has 2 heterocycles. The Balaban J connectivity index is 1.57. The van der Waals surface area contributed by atoms with E-state index in [1.807, 2.05) is 65.5 Å². The van der Waals surface area contributed by atoms with Crippen LogP contribution in [-0.2, 0) is 19.9 Å². The molecule has 0 aromatic heterocycles. The second kappa shape index (κ2) is 12.0. The minimum Gasteiger partial charge on any atom is -0.444 e. The molecular weight excluding hydrogens is 520 g/mol. The molecule has 1 aromatic carbocycles. The predicted molar refractivity (Wildman–Crippen MR) is 151 cm³/mol. The molecule has 0 saturated carbocycles. The molecule has 0 bridgehead atoms. The summed E-state index contributed by atoms with van der Waals surface area (Å²) in [6, 6.07) is 6.55. The van der Waals surface area contributed by atoms with Crippen molar-refractivity contribution in [1.82, 2.24) is 20.0 Å². The number of nitrogens with zero attached hydrogens (tertiary/aromatic N) is 3. The Morgan fingerprint density at radius 2 is 1.62 bits per heavy atom. The fraction of sp³-hybridized carbons (Fsp3) is 0.690. The molecule has 2 aliphatic rings. The lowest BCUT2D eigenvalue weighted by molar-refractivity contribution is -0.156. The van der Waals surface area contributed by atoms with Gasteiger partial charge in [0, 0.05) is 49.7 Å². The molecule has 0 unspecified atom stereocenters. The van der Waals surface area contributed by atoms with Crippen LogP contribution in [0.3, 0.4) is 0 Å². The molecule has 1 aromatic rings. The first-order valence-electron chi connectivity index (χ1n) is 13.8. The zero-order valence-corrected chi connectivity index (χ0v) is 25.2. The number of nitrogens with one attached hydrogen (secondary N) is 1. The van der Waals surface area contributed by atoms with Crippen LogP contribution in [0.2, 0.25) is 5.02 Å². The highest BCUT2D eigenvalue weighted by atomic mass is 35.5. The second-order valence-corrected chi connectivity index (χ2v) is 13.2. The Morgan fingerprint density at radius 3 is 2.13 bits per heavy atom. The van der Waals surface area contributed by atoms with Gasteiger partial charge in [0.05, 0.1) is 12.1 Å². The number of aliphatic hydroxyl groups is 1. The van der Waals surface area contributed by atoms with Gasteiger partial charge in [0.15, 0.2) is 0 Å². The van der Waals surface area contributed by atoms with E-state index in [0.717, 1.165) is 5.56 Å². The number of rotatable bonds is 6. The van der Waals surface area contributed by atoms with Gasteiger partial charge in [-0.3, -0.25) is 14.5 Å². The molecule has 2 fully saturated rings. The van der Waals surface area contributed by atoms with Gasteiger partial charge in [-0.2, -0.15) is 0 Å². The van der Waals surface area contributed by atoms with Crippen molar-refractivity contribution in [3.05, 3.63) is 34.9 Å². The minimum absolute atomic E-state index is 0.106. The number of benzene rings is 1. The third-order valence-electron chi connectivity index (χ3n) is 7.72. The van der Waals surface area contributed by atoms with Crippen LogP contribution >= 0.6 is 11.6 Å². The summed E-state index contributed by atoms with van der Waals surface area (Å²) in [7, 11) is 0. The van der Waals surface area contributed by atoms with Crippen LogP contribution in [0.25, 0.3) is 0 Å². The lowest BCUT2D eigenvalue weighted by atomic mass is 9.66. The molecule has 3 rings (SSSR count). The van der Waals surface area contributed by atoms with Crippen molar-refractivity contribution in [3.8, 4) is 0 Å². The van der Waals surface area contributed by atoms with E-state index in [-0.39, 0.29) is 30.4 Å². The summed E-state index contributed by atoms with van der Waals surface area (Å²) in [5.74, 6) is -0.466. The lowest BCUT2D eigenvalue weighted by Crippen LogP contribution is -2.61. The number of piperidine rings is 1. The summed E-state index contributed by atoms with van der Waals surface area (Å²) in [5, 5.41) is 15.2. The fourth-order valence-electron chi connectivity index (χ4n) is 5.32. The van der Waals surface area contributed by atoms with E-state index < -0.39 is 22.7 Å². The molecular formula is C29H45ClN4O5. The van der Waals surface area contributed by atoms with Crippen molar-refractivity contribution in [2.45, 2.75) is 72.1 Å². The van der Waals surface area contributed by atoms with E-state index in [2.05, 4.69) is 5.32 Å².